The zero-order chi connectivity index (χ0) is 16.8. The molecule has 124 valence electrons. The molecule has 1 rings (SSSR count). The molecule has 0 aliphatic heterocycles. The zero-order valence-corrected chi connectivity index (χ0v) is 14.3. The van der Waals surface area contributed by atoms with Crippen molar-refractivity contribution in [2.45, 2.75) is 20.0 Å². The molecule has 0 fully saturated rings. The number of hydrogen-bond acceptors (Lipinski definition) is 4. The Labute approximate surface area is 137 Å². The first-order valence-electron chi connectivity index (χ1n) is 6.36. The molecule has 0 bridgehead atoms. The van der Waals surface area contributed by atoms with Gasteiger partial charge in [-0.1, -0.05) is 35.3 Å². The number of halogens is 4. The molecule has 1 atom stereocenters. The minimum atomic E-state index is -4.03. The van der Waals surface area contributed by atoms with E-state index in [1.807, 2.05) is 0 Å². The van der Waals surface area contributed by atoms with Crippen LogP contribution in [-0.4, -0.2) is 13.2 Å². The lowest BCUT2D eigenvalue weighted by Gasteiger charge is -2.23. The van der Waals surface area contributed by atoms with Gasteiger partial charge in [0.2, 0.25) is 0 Å². The van der Waals surface area contributed by atoms with Gasteiger partial charge in [0.1, 0.15) is 11.1 Å². The smallest absolute Gasteiger partial charge is 0.287 e. The molecule has 0 N–H and O–H groups in total. The van der Waals surface area contributed by atoms with E-state index in [-0.39, 0.29) is 18.8 Å². The Morgan fingerprint density at radius 3 is 2.09 bits per heavy atom. The molecule has 4 nitrogen and oxygen atoms in total. The van der Waals surface area contributed by atoms with Crippen molar-refractivity contribution in [3.05, 3.63) is 46.0 Å². The first-order valence-corrected chi connectivity index (χ1v) is 8.58. The summed E-state index contributed by atoms with van der Waals surface area (Å²) < 4.78 is 53.1. The third kappa shape index (κ3) is 5.61. The van der Waals surface area contributed by atoms with Gasteiger partial charge in [-0.3, -0.25) is 13.6 Å². The molecule has 0 radical (unpaired) electrons. The largest absolute Gasteiger partial charge is 0.475 e. The third-order valence-corrected chi connectivity index (χ3v) is 4.60. The Morgan fingerprint density at radius 2 is 1.68 bits per heavy atom. The lowest BCUT2D eigenvalue weighted by molar-refractivity contribution is 0.0975. The van der Waals surface area contributed by atoms with Gasteiger partial charge in [0, 0.05) is 5.02 Å². The Bertz CT molecular complexity index is 552. The van der Waals surface area contributed by atoms with Gasteiger partial charge in [-0.05, 0) is 31.5 Å². The zero-order valence-electron chi connectivity index (χ0n) is 11.9. The lowest BCUT2D eigenvalue weighted by atomic mass is 10.1. The predicted octanol–water partition coefficient (Wildman–Crippen LogP) is 5.93. The number of hydrogen-bond donors (Lipinski definition) is 0. The maximum atomic E-state index is 12.9. The number of phosphoric ester groups is 1. The summed E-state index contributed by atoms with van der Waals surface area (Å²) in [6.07, 6.45) is -3.64. The second kappa shape index (κ2) is 8.96. The third-order valence-electron chi connectivity index (χ3n) is 2.39. The van der Waals surface area contributed by atoms with Crippen molar-refractivity contribution in [3.63, 3.8) is 0 Å². The Balaban J connectivity index is 3.18. The Morgan fingerprint density at radius 1 is 1.18 bits per heavy atom. The van der Waals surface area contributed by atoms with Crippen LogP contribution in [-0.2, 0) is 18.1 Å². The summed E-state index contributed by atoms with van der Waals surface area (Å²) in [4.78, 5) is 0. The molecule has 9 heteroatoms. The molecule has 1 aromatic carbocycles. The van der Waals surface area contributed by atoms with Crippen molar-refractivity contribution in [2.75, 3.05) is 13.2 Å². The van der Waals surface area contributed by atoms with E-state index in [2.05, 4.69) is 0 Å². The summed E-state index contributed by atoms with van der Waals surface area (Å²) >= 11 is 11.4. The average Bonchev–Trinajstić information content (AvgIpc) is 2.45. The highest BCUT2D eigenvalue weighted by atomic mass is 35.5. The predicted molar refractivity (Wildman–Crippen MR) is 81.2 cm³/mol. The fraction of sp³-hybridized carbons (Fsp3) is 0.385. The highest BCUT2D eigenvalue weighted by Gasteiger charge is 2.34. The average molecular weight is 375 g/mol. The van der Waals surface area contributed by atoms with Crippen LogP contribution in [0.1, 0.15) is 25.5 Å². The van der Waals surface area contributed by atoms with E-state index in [9.17, 15) is 13.3 Å². The second-order valence-corrected chi connectivity index (χ2v) is 6.39. The lowest BCUT2D eigenvalue weighted by Crippen LogP contribution is -2.08. The van der Waals surface area contributed by atoms with Crippen molar-refractivity contribution in [2.24, 2.45) is 0 Å². The van der Waals surface area contributed by atoms with Crippen LogP contribution in [0.25, 0.3) is 0 Å². The van der Waals surface area contributed by atoms with Gasteiger partial charge in [0.25, 0.3) is 6.08 Å². The SMILES string of the molecule is CCOP(=O)(OCC)OC(C(Cl)=C(F)F)c1ccc(Cl)cc1. The maximum Gasteiger partial charge on any atom is 0.475 e. The molecule has 0 amide bonds. The minimum Gasteiger partial charge on any atom is -0.287 e. The van der Waals surface area contributed by atoms with Gasteiger partial charge in [-0.2, -0.15) is 8.78 Å². The summed E-state index contributed by atoms with van der Waals surface area (Å²) in [5.74, 6) is 0. The van der Waals surface area contributed by atoms with E-state index < -0.39 is 25.0 Å². The van der Waals surface area contributed by atoms with Crippen LogP contribution in [0.3, 0.4) is 0 Å². The fourth-order valence-corrected chi connectivity index (χ4v) is 3.21. The van der Waals surface area contributed by atoms with Gasteiger partial charge in [-0.25, -0.2) is 4.57 Å². The molecular weight excluding hydrogens is 360 g/mol. The standard InChI is InChI=1S/C13H15Cl2F2O4P/c1-3-19-22(18,20-4-2)21-12(11(15)13(16)17)9-5-7-10(14)8-6-9/h5-8,12H,3-4H2,1-2H3. The molecule has 22 heavy (non-hydrogen) atoms. The van der Waals surface area contributed by atoms with Crippen LogP contribution >= 0.6 is 31.0 Å². The molecule has 0 saturated carbocycles. The summed E-state index contributed by atoms with van der Waals surface area (Å²) in [6, 6.07) is 5.81. The highest BCUT2D eigenvalue weighted by molar-refractivity contribution is 7.48. The number of benzene rings is 1. The van der Waals surface area contributed by atoms with Gasteiger partial charge in [0.05, 0.1) is 13.2 Å². The van der Waals surface area contributed by atoms with Gasteiger partial charge in [0.15, 0.2) is 0 Å². The first-order chi connectivity index (χ1) is 10.3. The molecule has 0 aliphatic rings. The molecule has 1 aromatic rings. The molecule has 0 saturated heterocycles. The van der Waals surface area contributed by atoms with Crippen molar-refractivity contribution < 1.29 is 26.9 Å². The van der Waals surface area contributed by atoms with E-state index in [1.165, 1.54) is 24.3 Å². The minimum absolute atomic E-state index is 0.0179. The molecule has 0 spiro atoms. The summed E-state index contributed by atoms with van der Waals surface area (Å²) in [5.41, 5.74) is 0.238. The Hall–Kier alpha value is -0.490. The van der Waals surface area contributed by atoms with Crippen LogP contribution in [0.5, 0.6) is 0 Å². The van der Waals surface area contributed by atoms with Crippen molar-refractivity contribution >= 4 is 31.0 Å². The Kier molecular flexibility index (Phi) is 7.97. The van der Waals surface area contributed by atoms with Crippen LogP contribution in [0.2, 0.25) is 5.02 Å². The van der Waals surface area contributed by atoms with Gasteiger partial charge in [-0.15, -0.1) is 0 Å². The van der Waals surface area contributed by atoms with Crippen LogP contribution in [0.4, 0.5) is 8.78 Å². The molecular formula is C13H15Cl2F2O4P. The van der Waals surface area contributed by atoms with Crippen LogP contribution < -0.4 is 0 Å². The molecule has 0 aromatic heterocycles. The summed E-state index contributed by atoms with van der Waals surface area (Å²) in [7, 11) is -4.03. The van der Waals surface area contributed by atoms with E-state index >= 15 is 0 Å². The van der Waals surface area contributed by atoms with Crippen LogP contribution in [0, 0.1) is 0 Å². The van der Waals surface area contributed by atoms with Crippen molar-refractivity contribution in [1.82, 2.24) is 0 Å². The molecule has 1 unspecified atom stereocenters. The highest BCUT2D eigenvalue weighted by Crippen LogP contribution is 2.55. The van der Waals surface area contributed by atoms with E-state index in [4.69, 9.17) is 36.8 Å². The number of rotatable bonds is 8. The van der Waals surface area contributed by atoms with Gasteiger partial charge < -0.3 is 0 Å². The summed E-state index contributed by atoms with van der Waals surface area (Å²) in [6.45, 7) is 3.17. The van der Waals surface area contributed by atoms with Gasteiger partial charge >= 0.3 is 7.82 Å². The topological polar surface area (TPSA) is 44.8 Å². The van der Waals surface area contributed by atoms with E-state index in [0.29, 0.717) is 5.02 Å². The quantitative estimate of drug-likeness (QED) is 0.529. The fourth-order valence-electron chi connectivity index (χ4n) is 1.53. The normalized spacial score (nSPS) is 13.0. The van der Waals surface area contributed by atoms with E-state index in [1.54, 1.807) is 13.8 Å². The van der Waals surface area contributed by atoms with Crippen molar-refractivity contribution in [3.8, 4) is 0 Å². The first kappa shape index (κ1) is 19.6. The molecule has 0 heterocycles. The van der Waals surface area contributed by atoms with Crippen LogP contribution in [0.15, 0.2) is 35.4 Å². The van der Waals surface area contributed by atoms with Crippen molar-refractivity contribution in [1.29, 1.82) is 0 Å². The maximum absolute atomic E-state index is 12.9. The second-order valence-electron chi connectivity index (χ2n) is 3.93. The number of phosphoric acid groups is 1. The summed E-state index contributed by atoms with van der Waals surface area (Å²) in [5, 5.41) is -0.497. The monoisotopic (exact) mass is 374 g/mol. The molecule has 0 aliphatic carbocycles. The van der Waals surface area contributed by atoms with E-state index in [0.717, 1.165) is 0 Å².